The third-order valence-corrected chi connectivity index (χ3v) is 6.51. The van der Waals surface area contributed by atoms with E-state index >= 15 is 0 Å². The van der Waals surface area contributed by atoms with E-state index in [1.165, 1.54) is 0 Å². The highest BCUT2D eigenvalue weighted by atomic mass is 127. The maximum atomic E-state index is 12.5. The van der Waals surface area contributed by atoms with Crippen LogP contribution in [0.4, 0.5) is 0 Å². The lowest BCUT2D eigenvalue weighted by atomic mass is 10.2. The number of nitrogens with one attached hydrogen (secondary N) is 1. The minimum absolute atomic E-state index is 0. The van der Waals surface area contributed by atoms with Crippen LogP contribution in [0.3, 0.4) is 0 Å². The Kier molecular flexibility index (Phi) is 12.0. The number of guanidine groups is 1. The summed E-state index contributed by atoms with van der Waals surface area (Å²) in [6.07, 6.45) is 0.0335. The molecule has 10 heteroatoms. The summed E-state index contributed by atoms with van der Waals surface area (Å²) in [4.78, 5) is 6.39. The minimum Gasteiger partial charge on any atom is -0.491 e. The molecule has 0 atom stereocenters. The molecule has 1 N–H and O–H groups in total. The molecule has 0 radical (unpaired) electrons. The molecule has 30 heavy (non-hydrogen) atoms. The Labute approximate surface area is 198 Å². The molecule has 0 aromatic heterocycles. The Balaban J connectivity index is 0.00000450. The largest absolute Gasteiger partial charge is 0.491 e. The fraction of sp³-hybridized carbons (Fsp3) is 0.650. The predicted molar refractivity (Wildman–Crippen MR) is 131 cm³/mol. The van der Waals surface area contributed by atoms with Crippen LogP contribution in [0.25, 0.3) is 0 Å². The second-order valence-electron chi connectivity index (χ2n) is 7.21. The second-order valence-corrected chi connectivity index (χ2v) is 9.30. The Morgan fingerprint density at radius 2 is 1.83 bits per heavy atom. The standard InChI is InChI=1S/C20H34N4O4S.HI/c1-17(2)27-15-16-29(25,26)24-12-10-23(11-13-24)20(21-4)22-9-14-28-19-8-6-5-7-18(19)3;/h5-8,17H,9-16H2,1-4H3,(H,21,22);1H. The van der Waals surface area contributed by atoms with Gasteiger partial charge in [-0.05, 0) is 32.4 Å². The molecule has 0 amide bonds. The molecule has 172 valence electrons. The number of ether oxygens (including phenoxy) is 2. The van der Waals surface area contributed by atoms with E-state index in [2.05, 4.69) is 15.2 Å². The van der Waals surface area contributed by atoms with Crippen LogP contribution >= 0.6 is 24.0 Å². The molecule has 1 aromatic rings. The third-order valence-electron chi connectivity index (χ3n) is 4.67. The fourth-order valence-electron chi connectivity index (χ4n) is 3.07. The highest BCUT2D eigenvalue weighted by Gasteiger charge is 2.27. The SMILES string of the molecule is CN=C(NCCOc1ccccc1C)N1CCN(S(=O)(=O)CCOC(C)C)CC1.I. The van der Waals surface area contributed by atoms with E-state index in [0.717, 1.165) is 17.3 Å². The van der Waals surface area contributed by atoms with Gasteiger partial charge in [0, 0.05) is 33.2 Å². The monoisotopic (exact) mass is 554 g/mol. The Hall–Kier alpha value is -1.11. The lowest BCUT2D eigenvalue weighted by molar-refractivity contribution is 0.0904. The number of hydrogen-bond acceptors (Lipinski definition) is 5. The molecule has 0 spiro atoms. The van der Waals surface area contributed by atoms with Crippen molar-refractivity contribution in [3.05, 3.63) is 29.8 Å². The summed E-state index contributed by atoms with van der Waals surface area (Å²) in [7, 11) is -1.56. The van der Waals surface area contributed by atoms with Gasteiger partial charge in [-0.1, -0.05) is 18.2 Å². The maximum absolute atomic E-state index is 12.5. The van der Waals surface area contributed by atoms with E-state index in [9.17, 15) is 8.42 Å². The van der Waals surface area contributed by atoms with Gasteiger partial charge in [0.25, 0.3) is 0 Å². The van der Waals surface area contributed by atoms with Crippen molar-refractivity contribution in [2.75, 3.05) is 58.7 Å². The number of para-hydroxylation sites is 1. The zero-order valence-electron chi connectivity index (χ0n) is 18.3. The third kappa shape index (κ3) is 8.56. The first kappa shape index (κ1) is 26.9. The highest BCUT2D eigenvalue weighted by molar-refractivity contribution is 14.0. The lowest BCUT2D eigenvalue weighted by Gasteiger charge is -2.35. The van der Waals surface area contributed by atoms with Crippen molar-refractivity contribution in [1.82, 2.24) is 14.5 Å². The Morgan fingerprint density at radius 1 is 1.17 bits per heavy atom. The number of hydrogen-bond donors (Lipinski definition) is 1. The van der Waals surface area contributed by atoms with Gasteiger partial charge >= 0.3 is 0 Å². The molecule has 8 nitrogen and oxygen atoms in total. The Bertz CT molecular complexity index is 766. The van der Waals surface area contributed by atoms with Crippen molar-refractivity contribution in [1.29, 1.82) is 0 Å². The van der Waals surface area contributed by atoms with Gasteiger partial charge in [0.15, 0.2) is 5.96 Å². The van der Waals surface area contributed by atoms with Gasteiger partial charge < -0.3 is 19.7 Å². The molecule has 0 bridgehead atoms. The molecule has 1 fully saturated rings. The van der Waals surface area contributed by atoms with Crippen molar-refractivity contribution in [2.24, 2.45) is 4.99 Å². The van der Waals surface area contributed by atoms with Crippen molar-refractivity contribution in [3.63, 3.8) is 0 Å². The second kappa shape index (κ2) is 13.3. The van der Waals surface area contributed by atoms with Crippen LogP contribution in [-0.2, 0) is 14.8 Å². The molecule has 0 saturated carbocycles. The smallest absolute Gasteiger partial charge is 0.216 e. The van der Waals surface area contributed by atoms with Crippen LogP contribution in [0.1, 0.15) is 19.4 Å². The van der Waals surface area contributed by atoms with Gasteiger partial charge in [-0.2, -0.15) is 4.31 Å². The minimum atomic E-state index is -3.29. The first-order valence-corrected chi connectivity index (χ1v) is 11.7. The molecule has 1 aliphatic heterocycles. The van der Waals surface area contributed by atoms with Gasteiger partial charge in [-0.25, -0.2) is 8.42 Å². The van der Waals surface area contributed by atoms with Crippen LogP contribution in [0, 0.1) is 6.92 Å². The quantitative estimate of drug-likeness (QED) is 0.218. The van der Waals surface area contributed by atoms with E-state index in [-0.39, 0.29) is 42.4 Å². The van der Waals surface area contributed by atoms with Crippen molar-refractivity contribution < 1.29 is 17.9 Å². The van der Waals surface area contributed by atoms with E-state index in [1.807, 2.05) is 45.0 Å². The molecule has 1 aliphatic rings. The molecule has 2 rings (SSSR count). The van der Waals surface area contributed by atoms with Crippen LogP contribution in [0.2, 0.25) is 0 Å². The number of sulfonamides is 1. The molecule has 1 saturated heterocycles. The van der Waals surface area contributed by atoms with Gasteiger partial charge in [0.2, 0.25) is 10.0 Å². The number of piperazine rings is 1. The van der Waals surface area contributed by atoms with E-state index in [4.69, 9.17) is 9.47 Å². The molecular formula is C20H35IN4O4S. The summed E-state index contributed by atoms with van der Waals surface area (Å²) in [6.45, 7) is 9.28. The maximum Gasteiger partial charge on any atom is 0.216 e. The Morgan fingerprint density at radius 3 is 2.43 bits per heavy atom. The number of halogens is 1. The van der Waals surface area contributed by atoms with Crippen molar-refractivity contribution in [2.45, 2.75) is 26.9 Å². The average molecular weight is 554 g/mol. The number of nitrogens with zero attached hydrogens (tertiary/aromatic N) is 3. The van der Waals surface area contributed by atoms with Crippen molar-refractivity contribution in [3.8, 4) is 5.75 Å². The molecule has 0 aliphatic carbocycles. The normalized spacial score (nSPS) is 15.8. The summed E-state index contributed by atoms with van der Waals surface area (Å²) in [6, 6.07) is 7.91. The first-order valence-electron chi connectivity index (χ1n) is 10.1. The molecule has 1 heterocycles. The summed E-state index contributed by atoms with van der Waals surface area (Å²) in [5.41, 5.74) is 1.10. The molecule has 1 aromatic carbocycles. The summed E-state index contributed by atoms with van der Waals surface area (Å²) < 4.78 is 37.6. The zero-order chi connectivity index (χ0) is 21.3. The number of rotatable bonds is 9. The lowest BCUT2D eigenvalue weighted by Crippen LogP contribution is -2.54. The van der Waals surface area contributed by atoms with Crippen LogP contribution in [0.15, 0.2) is 29.3 Å². The van der Waals surface area contributed by atoms with Crippen LogP contribution in [0.5, 0.6) is 5.75 Å². The van der Waals surface area contributed by atoms with Gasteiger partial charge in [0.05, 0.1) is 25.0 Å². The molecule has 0 unspecified atom stereocenters. The number of aryl methyl sites for hydroxylation is 1. The van der Waals surface area contributed by atoms with E-state index < -0.39 is 10.0 Å². The van der Waals surface area contributed by atoms with Gasteiger partial charge in [-0.3, -0.25) is 4.99 Å². The zero-order valence-corrected chi connectivity index (χ0v) is 21.5. The fourth-order valence-corrected chi connectivity index (χ4v) is 4.36. The average Bonchev–Trinajstić information content (AvgIpc) is 2.69. The highest BCUT2D eigenvalue weighted by Crippen LogP contribution is 2.15. The van der Waals surface area contributed by atoms with Gasteiger partial charge in [-0.15, -0.1) is 24.0 Å². The number of benzene rings is 1. The predicted octanol–water partition coefficient (Wildman–Crippen LogP) is 1.94. The van der Waals surface area contributed by atoms with Gasteiger partial charge in [0.1, 0.15) is 12.4 Å². The topological polar surface area (TPSA) is 83.5 Å². The van der Waals surface area contributed by atoms with Crippen molar-refractivity contribution >= 4 is 40.0 Å². The summed E-state index contributed by atoms with van der Waals surface area (Å²) >= 11 is 0. The van der Waals surface area contributed by atoms with E-state index in [1.54, 1.807) is 11.4 Å². The number of aliphatic imine (C=N–C) groups is 1. The summed E-state index contributed by atoms with van der Waals surface area (Å²) in [5.74, 6) is 1.66. The molecular weight excluding hydrogens is 519 g/mol. The van der Waals surface area contributed by atoms with Crippen LogP contribution in [-0.4, -0.2) is 88.4 Å². The van der Waals surface area contributed by atoms with E-state index in [0.29, 0.717) is 39.3 Å². The summed E-state index contributed by atoms with van der Waals surface area (Å²) in [5, 5.41) is 3.29. The first-order chi connectivity index (χ1) is 13.8. The van der Waals surface area contributed by atoms with Crippen LogP contribution < -0.4 is 10.1 Å².